The summed E-state index contributed by atoms with van der Waals surface area (Å²) in [6.07, 6.45) is 3.60. The van der Waals surface area contributed by atoms with E-state index in [1.807, 2.05) is 0 Å². The van der Waals surface area contributed by atoms with Crippen LogP contribution in [-0.4, -0.2) is 17.3 Å². The molecule has 0 aromatic heterocycles. The van der Waals surface area contributed by atoms with E-state index in [1.165, 1.54) is 17.5 Å². The summed E-state index contributed by atoms with van der Waals surface area (Å²) in [4.78, 5) is 0. The quantitative estimate of drug-likeness (QED) is 0.817. The fraction of sp³-hybridized carbons (Fsp3) is 0.667. The van der Waals surface area contributed by atoms with Crippen molar-refractivity contribution in [1.29, 1.82) is 0 Å². The Hall–Kier alpha value is -0.860. The maximum absolute atomic E-state index is 6.42. The van der Waals surface area contributed by atoms with Crippen LogP contribution in [0.2, 0.25) is 0 Å². The smallest absolute Gasteiger partial charge is 0.0924 e. The molecule has 2 bridgehead atoms. The predicted molar refractivity (Wildman–Crippen MR) is 80.7 cm³/mol. The van der Waals surface area contributed by atoms with Gasteiger partial charge in [0.15, 0.2) is 0 Å². The highest BCUT2D eigenvalue weighted by Crippen LogP contribution is 2.55. The standard InChI is InChI=1S/C18H26O2/c1-13(2)18-10-9-17(4,20-18)16(11-18)19-12-15-8-6-5-7-14(15)3/h5-8,13,16H,9-12H2,1-4H3/t16-,17?,18?/m0/s1. The molecule has 2 unspecified atom stereocenters. The highest BCUT2D eigenvalue weighted by atomic mass is 16.6. The molecule has 3 atom stereocenters. The number of hydrogen-bond donors (Lipinski definition) is 0. The van der Waals surface area contributed by atoms with Gasteiger partial charge in [-0.25, -0.2) is 0 Å². The van der Waals surface area contributed by atoms with Gasteiger partial charge in [-0.3, -0.25) is 0 Å². The van der Waals surface area contributed by atoms with Crippen LogP contribution in [0, 0.1) is 12.8 Å². The van der Waals surface area contributed by atoms with E-state index in [4.69, 9.17) is 9.47 Å². The molecular weight excluding hydrogens is 248 g/mol. The van der Waals surface area contributed by atoms with E-state index >= 15 is 0 Å². The van der Waals surface area contributed by atoms with Crippen LogP contribution in [-0.2, 0) is 16.1 Å². The maximum Gasteiger partial charge on any atom is 0.0924 e. The van der Waals surface area contributed by atoms with Gasteiger partial charge in [-0.05, 0) is 43.7 Å². The number of aryl methyl sites for hydroxylation is 1. The Bertz CT molecular complexity index is 496. The molecule has 0 N–H and O–H groups in total. The van der Waals surface area contributed by atoms with E-state index in [0.717, 1.165) is 12.8 Å². The molecule has 2 aliphatic rings. The first-order valence-electron chi connectivity index (χ1n) is 7.81. The molecule has 0 aliphatic carbocycles. The fourth-order valence-corrected chi connectivity index (χ4v) is 3.77. The number of benzene rings is 1. The number of fused-ring (bicyclic) bond motifs is 2. The second-order valence-corrected chi connectivity index (χ2v) is 7.06. The average Bonchev–Trinajstić information content (AvgIpc) is 2.90. The van der Waals surface area contributed by atoms with Gasteiger partial charge in [0.2, 0.25) is 0 Å². The Morgan fingerprint density at radius 1 is 1.30 bits per heavy atom. The molecule has 1 aromatic rings. The van der Waals surface area contributed by atoms with Gasteiger partial charge in [0.05, 0.1) is 23.9 Å². The van der Waals surface area contributed by atoms with Crippen LogP contribution in [0.1, 0.15) is 51.2 Å². The first-order chi connectivity index (χ1) is 9.45. The first-order valence-corrected chi connectivity index (χ1v) is 7.81. The summed E-state index contributed by atoms with van der Waals surface area (Å²) in [6, 6.07) is 8.46. The highest BCUT2D eigenvalue weighted by Gasteiger charge is 2.60. The minimum atomic E-state index is -0.0764. The van der Waals surface area contributed by atoms with E-state index < -0.39 is 0 Å². The van der Waals surface area contributed by atoms with Crippen molar-refractivity contribution in [1.82, 2.24) is 0 Å². The molecule has 2 heterocycles. The summed E-state index contributed by atoms with van der Waals surface area (Å²) in [5, 5.41) is 0. The van der Waals surface area contributed by atoms with Crippen molar-refractivity contribution in [3.63, 3.8) is 0 Å². The first kappa shape index (κ1) is 14.1. The van der Waals surface area contributed by atoms with Crippen molar-refractivity contribution in [3.8, 4) is 0 Å². The summed E-state index contributed by atoms with van der Waals surface area (Å²) >= 11 is 0. The largest absolute Gasteiger partial charge is 0.370 e. The lowest BCUT2D eigenvalue weighted by molar-refractivity contribution is -0.0960. The van der Waals surface area contributed by atoms with Crippen molar-refractivity contribution in [3.05, 3.63) is 35.4 Å². The van der Waals surface area contributed by atoms with E-state index in [2.05, 4.69) is 52.0 Å². The van der Waals surface area contributed by atoms with Crippen molar-refractivity contribution in [2.45, 2.75) is 70.9 Å². The Morgan fingerprint density at radius 3 is 2.70 bits per heavy atom. The fourth-order valence-electron chi connectivity index (χ4n) is 3.77. The van der Waals surface area contributed by atoms with Crippen molar-refractivity contribution in [2.24, 2.45) is 5.92 Å². The Morgan fingerprint density at radius 2 is 2.05 bits per heavy atom. The van der Waals surface area contributed by atoms with Crippen LogP contribution >= 0.6 is 0 Å². The zero-order chi connectivity index (χ0) is 14.4. The van der Waals surface area contributed by atoms with Gasteiger partial charge in [-0.15, -0.1) is 0 Å². The van der Waals surface area contributed by atoms with Crippen molar-refractivity contribution in [2.75, 3.05) is 0 Å². The molecule has 20 heavy (non-hydrogen) atoms. The molecule has 0 radical (unpaired) electrons. The second kappa shape index (κ2) is 4.85. The van der Waals surface area contributed by atoms with Crippen molar-refractivity contribution >= 4 is 0 Å². The molecule has 2 fully saturated rings. The summed E-state index contributed by atoms with van der Waals surface area (Å²) in [5.74, 6) is 0.566. The third kappa shape index (κ3) is 2.19. The van der Waals surface area contributed by atoms with Crippen LogP contribution in [0.3, 0.4) is 0 Å². The zero-order valence-corrected chi connectivity index (χ0v) is 13.1. The van der Waals surface area contributed by atoms with Gasteiger partial charge in [-0.1, -0.05) is 38.1 Å². The molecule has 2 heteroatoms. The molecule has 0 amide bonds. The molecule has 2 nitrogen and oxygen atoms in total. The van der Waals surface area contributed by atoms with E-state index in [0.29, 0.717) is 12.5 Å². The molecule has 2 aliphatic heterocycles. The van der Waals surface area contributed by atoms with Crippen LogP contribution in [0.15, 0.2) is 24.3 Å². The van der Waals surface area contributed by atoms with Crippen LogP contribution < -0.4 is 0 Å². The van der Waals surface area contributed by atoms with Gasteiger partial charge in [0.25, 0.3) is 0 Å². The minimum absolute atomic E-state index is 0.0607. The molecule has 1 aromatic carbocycles. The summed E-state index contributed by atoms with van der Waals surface area (Å²) < 4.78 is 12.7. The van der Waals surface area contributed by atoms with Crippen LogP contribution in [0.25, 0.3) is 0 Å². The summed E-state index contributed by atoms with van der Waals surface area (Å²) in [7, 11) is 0. The van der Waals surface area contributed by atoms with E-state index in [9.17, 15) is 0 Å². The van der Waals surface area contributed by atoms with Crippen LogP contribution in [0.5, 0.6) is 0 Å². The molecule has 3 rings (SSSR count). The Labute approximate surface area is 122 Å². The topological polar surface area (TPSA) is 18.5 Å². The Balaban J connectivity index is 1.69. The van der Waals surface area contributed by atoms with Gasteiger partial charge in [0.1, 0.15) is 0 Å². The zero-order valence-electron chi connectivity index (χ0n) is 13.1. The lowest BCUT2D eigenvalue weighted by Gasteiger charge is -2.31. The number of hydrogen-bond acceptors (Lipinski definition) is 2. The molecule has 2 saturated heterocycles. The monoisotopic (exact) mass is 274 g/mol. The van der Waals surface area contributed by atoms with Crippen LogP contribution in [0.4, 0.5) is 0 Å². The van der Waals surface area contributed by atoms with Gasteiger partial charge >= 0.3 is 0 Å². The number of rotatable bonds is 4. The predicted octanol–water partition coefficient (Wildman–Crippen LogP) is 4.25. The number of ether oxygens (including phenoxy) is 2. The SMILES string of the molecule is Cc1ccccc1CO[C@H]1CC2(C(C)C)CCC1(C)O2. The Kier molecular flexibility index (Phi) is 3.42. The lowest BCUT2D eigenvalue weighted by Crippen LogP contribution is -2.38. The third-order valence-electron chi connectivity index (χ3n) is 5.45. The normalized spacial score (nSPS) is 36.0. The summed E-state index contributed by atoms with van der Waals surface area (Å²) in [5.41, 5.74) is 2.58. The highest BCUT2D eigenvalue weighted by molar-refractivity contribution is 5.24. The van der Waals surface area contributed by atoms with Crippen molar-refractivity contribution < 1.29 is 9.47 Å². The van der Waals surface area contributed by atoms with Gasteiger partial charge in [-0.2, -0.15) is 0 Å². The summed E-state index contributed by atoms with van der Waals surface area (Å²) in [6.45, 7) is 9.62. The van der Waals surface area contributed by atoms with Gasteiger partial charge < -0.3 is 9.47 Å². The molecular formula is C18H26O2. The minimum Gasteiger partial charge on any atom is -0.370 e. The molecule has 0 spiro atoms. The maximum atomic E-state index is 6.42. The second-order valence-electron chi connectivity index (χ2n) is 7.06. The van der Waals surface area contributed by atoms with E-state index in [1.54, 1.807) is 0 Å². The van der Waals surface area contributed by atoms with Gasteiger partial charge in [0, 0.05) is 6.42 Å². The molecule has 110 valence electrons. The lowest BCUT2D eigenvalue weighted by atomic mass is 9.75. The average molecular weight is 274 g/mol. The third-order valence-corrected chi connectivity index (χ3v) is 5.45. The van der Waals surface area contributed by atoms with E-state index in [-0.39, 0.29) is 17.3 Å². The molecule has 0 saturated carbocycles.